The van der Waals surface area contributed by atoms with Gasteiger partial charge in [0.1, 0.15) is 12.7 Å². The Morgan fingerprint density at radius 1 is 1.11 bits per heavy atom. The smallest absolute Gasteiger partial charge is 0.341 e. The van der Waals surface area contributed by atoms with E-state index in [2.05, 4.69) is 4.98 Å². The lowest BCUT2D eigenvalue weighted by Crippen LogP contribution is -2.37. The molecular weight excluding hydrogens is 482 g/mol. The number of esters is 1. The Labute approximate surface area is 213 Å². The number of rotatable bonds is 4. The highest BCUT2D eigenvalue weighted by atomic mass is 19.2. The highest BCUT2D eigenvalue weighted by Gasteiger charge is 2.38. The summed E-state index contributed by atoms with van der Waals surface area (Å²) in [7, 11) is 0. The van der Waals surface area contributed by atoms with Gasteiger partial charge < -0.3 is 24.1 Å². The molecule has 3 aromatic rings. The summed E-state index contributed by atoms with van der Waals surface area (Å²) in [6.07, 6.45) is 0.994. The van der Waals surface area contributed by atoms with Crippen LogP contribution < -0.4 is 0 Å². The molecule has 0 aliphatic carbocycles. The van der Waals surface area contributed by atoms with Crippen LogP contribution in [0.4, 0.5) is 8.78 Å². The molecule has 0 spiro atoms. The number of halogens is 2. The largest absolute Gasteiger partial charge is 0.459 e. The Morgan fingerprint density at radius 3 is 2.57 bits per heavy atom. The van der Waals surface area contributed by atoms with Gasteiger partial charge in [-0.25, -0.2) is 13.6 Å². The van der Waals surface area contributed by atoms with Gasteiger partial charge in [0, 0.05) is 34.6 Å². The van der Waals surface area contributed by atoms with Crippen LogP contribution in [0.25, 0.3) is 16.5 Å². The normalized spacial score (nSPS) is 20.3. The SMILES string of the molecule is CC1(C)OCC(COC(=O)C2=CN(C(=O)c3ccc(F)c(F)c3)CC(C)(C)c3c2[nH]c2ccccc32)O1. The summed E-state index contributed by atoms with van der Waals surface area (Å²) in [5, 5.41) is 0.914. The average Bonchev–Trinajstić information content (AvgIpc) is 3.37. The summed E-state index contributed by atoms with van der Waals surface area (Å²) in [6, 6.07) is 10.7. The monoisotopic (exact) mass is 510 g/mol. The molecule has 194 valence electrons. The molecule has 7 nitrogen and oxygen atoms in total. The van der Waals surface area contributed by atoms with Crippen molar-refractivity contribution in [3.63, 3.8) is 0 Å². The number of nitrogens with one attached hydrogen (secondary N) is 1. The van der Waals surface area contributed by atoms with Crippen LogP contribution in [0.1, 0.15) is 49.3 Å². The fourth-order valence-electron chi connectivity index (χ4n) is 4.99. The summed E-state index contributed by atoms with van der Waals surface area (Å²) in [5.74, 6) is -4.15. The van der Waals surface area contributed by atoms with E-state index in [0.29, 0.717) is 5.69 Å². The standard InChI is InChI=1S/C28H28F2N2O5/c1-27(2)15-32(25(33)16-9-10-20(29)21(30)11-16)12-19(24-23(27)18-7-5-6-8-22(18)31-24)26(34)35-13-17-14-36-28(3,4)37-17/h5-12,17,31H,13-15H2,1-4H3. The van der Waals surface area contributed by atoms with Gasteiger partial charge >= 0.3 is 5.97 Å². The van der Waals surface area contributed by atoms with Gasteiger partial charge in [0.05, 0.1) is 17.9 Å². The second-order valence-electron chi connectivity index (χ2n) is 10.5. The Balaban J connectivity index is 1.55. The lowest BCUT2D eigenvalue weighted by Gasteiger charge is -2.29. The number of aromatic amines is 1. The molecule has 2 aliphatic heterocycles. The third-order valence-electron chi connectivity index (χ3n) is 6.62. The van der Waals surface area contributed by atoms with Crippen LogP contribution >= 0.6 is 0 Å². The minimum Gasteiger partial charge on any atom is -0.459 e. The number of aromatic nitrogens is 1. The number of nitrogens with zero attached hydrogens (tertiary/aromatic N) is 1. The van der Waals surface area contributed by atoms with Crippen LogP contribution in [0.5, 0.6) is 0 Å². The van der Waals surface area contributed by atoms with Crippen molar-refractivity contribution in [2.24, 2.45) is 0 Å². The van der Waals surface area contributed by atoms with Crippen LogP contribution in [-0.2, 0) is 24.4 Å². The second kappa shape index (κ2) is 9.08. The number of carbonyl (C=O) groups excluding carboxylic acids is 2. The van der Waals surface area contributed by atoms with Crippen molar-refractivity contribution in [2.75, 3.05) is 19.8 Å². The number of amides is 1. The first-order chi connectivity index (χ1) is 17.4. The highest BCUT2D eigenvalue weighted by molar-refractivity contribution is 6.18. The van der Waals surface area contributed by atoms with E-state index in [0.717, 1.165) is 28.6 Å². The van der Waals surface area contributed by atoms with Gasteiger partial charge in [-0.3, -0.25) is 4.79 Å². The first kappa shape index (κ1) is 25.1. The number of ether oxygens (including phenoxy) is 3. The van der Waals surface area contributed by atoms with E-state index in [-0.39, 0.29) is 30.9 Å². The zero-order valence-electron chi connectivity index (χ0n) is 21.1. The van der Waals surface area contributed by atoms with E-state index in [1.165, 1.54) is 17.2 Å². The quantitative estimate of drug-likeness (QED) is 0.505. The number of hydrogen-bond acceptors (Lipinski definition) is 5. The van der Waals surface area contributed by atoms with Gasteiger partial charge in [0.25, 0.3) is 5.91 Å². The third-order valence-corrected chi connectivity index (χ3v) is 6.62. The van der Waals surface area contributed by atoms with Gasteiger partial charge in [-0.2, -0.15) is 0 Å². The minimum atomic E-state index is -1.12. The zero-order chi connectivity index (χ0) is 26.5. The van der Waals surface area contributed by atoms with Crippen LogP contribution in [-0.4, -0.2) is 53.4 Å². The molecule has 1 atom stereocenters. The van der Waals surface area contributed by atoms with Crippen molar-refractivity contribution in [3.8, 4) is 0 Å². The van der Waals surface area contributed by atoms with Gasteiger partial charge in [0.15, 0.2) is 17.4 Å². The predicted molar refractivity (Wildman–Crippen MR) is 133 cm³/mol. The van der Waals surface area contributed by atoms with E-state index < -0.39 is 40.8 Å². The van der Waals surface area contributed by atoms with Crippen molar-refractivity contribution >= 4 is 28.4 Å². The van der Waals surface area contributed by atoms with E-state index >= 15 is 0 Å². The summed E-state index contributed by atoms with van der Waals surface area (Å²) in [5.41, 5.74) is 1.73. The number of fused-ring (bicyclic) bond motifs is 3. The second-order valence-corrected chi connectivity index (χ2v) is 10.5. The first-order valence-electron chi connectivity index (χ1n) is 12.0. The van der Waals surface area contributed by atoms with Crippen LogP contribution in [0.15, 0.2) is 48.7 Å². The van der Waals surface area contributed by atoms with E-state index in [4.69, 9.17) is 14.2 Å². The number of carbonyl (C=O) groups is 2. The van der Waals surface area contributed by atoms with Crippen molar-refractivity contribution < 1.29 is 32.6 Å². The summed E-state index contributed by atoms with van der Waals surface area (Å²) < 4.78 is 44.3. The van der Waals surface area contributed by atoms with Crippen molar-refractivity contribution in [3.05, 3.63) is 77.1 Å². The summed E-state index contributed by atoms with van der Waals surface area (Å²) in [6.45, 7) is 7.92. The Bertz CT molecular complexity index is 1430. The van der Waals surface area contributed by atoms with Crippen molar-refractivity contribution in [2.45, 2.75) is 45.0 Å². The molecule has 1 fully saturated rings. The Hall–Kier alpha value is -3.56. The summed E-state index contributed by atoms with van der Waals surface area (Å²) >= 11 is 0. The molecule has 1 aromatic heterocycles. The summed E-state index contributed by atoms with van der Waals surface area (Å²) in [4.78, 5) is 31.6. The topological polar surface area (TPSA) is 80.9 Å². The molecule has 37 heavy (non-hydrogen) atoms. The van der Waals surface area contributed by atoms with Crippen LogP contribution in [0.3, 0.4) is 0 Å². The highest BCUT2D eigenvalue weighted by Crippen LogP contribution is 2.40. The maximum absolute atomic E-state index is 13.9. The Morgan fingerprint density at radius 2 is 1.86 bits per heavy atom. The Kier molecular flexibility index (Phi) is 6.16. The average molecular weight is 511 g/mol. The van der Waals surface area contributed by atoms with Gasteiger partial charge in [-0.05, 0) is 43.7 Å². The number of para-hydroxylation sites is 1. The molecule has 1 N–H and O–H groups in total. The molecule has 1 unspecified atom stereocenters. The molecule has 1 saturated heterocycles. The third kappa shape index (κ3) is 4.76. The molecule has 2 aliphatic rings. The zero-order valence-corrected chi connectivity index (χ0v) is 21.1. The van der Waals surface area contributed by atoms with Crippen molar-refractivity contribution in [1.82, 2.24) is 9.88 Å². The fourth-order valence-corrected chi connectivity index (χ4v) is 4.99. The molecule has 2 aromatic carbocycles. The van der Waals surface area contributed by atoms with E-state index in [1.54, 1.807) is 13.8 Å². The molecule has 0 radical (unpaired) electrons. The lowest BCUT2D eigenvalue weighted by molar-refractivity contribution is -0.154. The maximum atomic E-state index is 13.9. The van der Waals surface area contributed by atoms with Gasteiger partial charge in [0.2, 0.25) is 0 Å². The molecule has 0 bridgehead atoms. The van der Waals surface area contributed by atoms with Gasteiger partial charge in [-0.1, -0.05) is 32.0 Å². The van der Waals surface area contributed by atoms with Crippen LogP contribution in [0.2, 0.25) is 0 Å². The molecular formula is C28H28F2N2O5. The molecule has 5 rings (SSSR count). The minimum absolute atomic E-state index is 0.0321. The molecule has 3 heterocycles. The predicted octanol–water partition coefficient (Wildman–Crippen LogP) is 4.92. The van der Waals surface area contributed by atoms with Gasteiger partial charge in [-0.15, -0.1) is 0 Å². The number of H-pyrrole nitrogens is 1. The first-order valence-corrected chi connectivity index (χ1v) is 12.0. The van der Waals surface area contributed by atoms with E-state index in [9.17, 15) is 18.4 Å². The lowest BCUT2D eigenvalue weighted by atomic mass is 9.81. The molecule has 1 amide bonds. The maximum Gasteiger partial charge on any atom is 0.341 e. The fraction of sp³-hybridized carbons (Fsp3) is 0.357. The number of hydrogen-bond donors (Lipinski definition) is 1. The molecule has 9 heteroatoms. The van der Waals surface area contributed by atoms with E-state index in [1.807, 2.05) is 38.1 Å². The number of benzene rings is 2. The van der Waals surface area contributed by atoms with Crippen molar-refractivity contribution in [1.29, 1.82) is 0 Å². The molecule has 0 saturated carbocycles. The van der Waals surface area contributed by atoms with Crippen LogP contribution in [0, 0.1) is 11.6 Å².